The molecule has 1 atom stereocenters. The van der Waals surface area contributed by atoms with E-state index in [-0.39, 0.29) is 23.1 Å². The molecule has 0 saturated heterocycles. The second-order valence-corrected chi connectivity index (χ2v) is 10.8. The first-order valence-electron chi connectivity index (χ1n) is 11.5. The minimum atomic E-state index is -0.182. The quantitative estimate of drug-likeness (QED) is 0.323. The lowest BCUT2D eigenvalue weighted by atomic mass is 9.88. The van der Waals surface area contributed by atoms with E-state index in [0.29, 0.717) is 33.7 Å². The summed E-state index contributed by atoms with van der Waals surface area (Å²) < 4.78 is 0. The summed E-state index contributed by atoms with van der Waals surface area (Å²) >= 11 is 1.41. The van der Waals surface area contributed by atoms with E-state index in [0.717, 1.165) is 11.3 Å². The number of carbonyl (C=O) groups is 2. The van der Waals surface area contributed by atoms with Gasteiger partial charge in [0.1, 0.15) is 5.52 Å². The van der Waals surface area contributed by atoms with Gasteiger partial charge in [0.15, 0.2) is 11.4 Å². The molecule has 0 spiro atoms. The molecule has 0 unspecified atom stereocenters. The van der Waals surface area contributed by atoms with E-state index >= 15 is 0 Å². The number of aromatic amines is 1. The monoisotopic (exact) mass is 474 g/mol. The molecular weight excluding hydrogens is 444 g/mol. The average molecular weight is 475 g/mol. The number of aryl methyl sites for hydroxylation is 2. The van der Waals surface area contributed by atoms with E-state index in [1.165, 1.54) is 22.5 Å². The molecule has 4 rings (SSSR count). The minimum absolute atomic E-state index is 0.00775. The van der Waals surface area contributed by atoms with Gasteiger partial charge in [0.25, 0.3) is 5.91 Å². The lowest BCUT2D eigenvalue weighted by Gasteiger charge is -2.27. The largest absolute Gasteiger partial charge is 0.349 e. The summed E-state index contributed by atoms with van der Waals surface area (Å²) in [6.07, 6.45) is 4.50. The number of hydrogen-bond acceptors (Lipinski definition) is 5. The molecule has 1 aromatic carbocycles. The molecule has 0 fully saturated rings. The number of nitrogens with zero attached hydrogens (tertiary/aromatic N) is 2. The maximum atomic E-state index is 12.9. The Kier molecular flexibility index (Phi) is 6.66. The zero-order chi connectivity index (χ0) is 24.5. The van der Waals surface area contributed by atoms with Crippen molar-refractivity contribution in [2.45, 2.75) is 53.5 Å². The Morgan fingerprint density at radius 2 is 1.91 bits per heavy atom. The van der Waals surface area contributed by atoms with Crippen molar-refractivity contribution < 1.29 is 9.59 Å². The second-order valence-electron chi connectivity index (χ2n) is 9.73. The Bertz CT molecular complexity index is 1350. The maximum Gasteiger partial charge on any atom is 0.255 e. The number of fused-ring (bicyclic) bond motifs is 1. The molecule has 3 heterocycles. The molecule has 34 heavy (non-hydrogen) atoms. The number of aromatic nitrogens is 3. The SMILES string of the molecule is Cc1ccccc1CCC(=O)c1ccc(-c2cnc3[nH]cc(C(=O)N[C@@H](C)C(C)(C)C)c3n2)s1. The first-order valence-corrected chi connectivity index (χ1v) is 12.3. The smallest absolute Gasteiger partial charge is 0.255 e. The van der Waals surface area contributed by atoms with Crippen molar-refractivity contribution in [3.8, 4) is 10.6 Å². The van der Waals surface area contributed by atoms with Crippen LogP contribution in [-0.4, -0.2) is 32.7 Å². The van der Waals surface area contributed by atoms with Crippen LogP contribution in [0.5, 0.6) is 0 Å². The van der Waals surface area contributed by atoms with Gasteiger partial charge in [-0.2, -0.15) is 0 Å². The van der Waals surface area contributed by atoms with E-state index in [1.807, 2.05) is 31.2 Å². The molecule has 0 aliphatic carbocycles. The third-order valence-electron chi connectivity index (χ3n) is 6.29. The highest BCUT2D eigenvalue weighted by atomic mass is 32.1. The van der Waals surface area contributed by atoms with Crippen molar-refractivity contribution in [3.63, 3.8) is 0 Å². The summed E-state index contributed by atoms with van der Waals surface area (Å²) in [4.78, 5) is 39.4. The number of carbonyl (C=O) groups excluding carboxylic acids is 2. The van der Waals surface area contributed by atoms with Crippen LogP contribution in [0.15, 0.2) is 48.8 Å². The number of rotatable bonds is 7. The van der Waals surface area contributed by atoms with E-state index in [1.54, 1.807) is 12.4 Å². The van der Waals surface area contributed by atoms with E-state index < -0.39 is 0 Å². The van der Waals surface area contributed by atoms with Crippen LogP contribution in [0.25, 0.3) is 21.7 Å². The van der Waals surface area contributed by atoms with Gasteiger partial charge in [0.2, 0.25) is 0 Å². The molecule has 0 saturated carbocycles. The summed E-state index contributed by atoms with van der Waals surface area (Å²) in [5.41, 5.74) is 4.54. The third-order valence-corrected chi connectivity index (χ3v) is 7.44. The van der Waals surface area contributed by atoms with Crippen LogP contribution in [0.1, 0.15) is 65.3 Å². The number of hydrogen-bond donors (Lipinski definition) is 2. The highest BCUT2D eigenvalue weighted by Crippen LogP contribution is 2.29. The highest BCUT2D eigenvalue weighted by molar-refractivity contribution is 7.17. The fourth-order valence-corrected chi connectivity index (χ4v) is 4.49. The van der Waals surface area contributed by atoms with Crippen molar-refractivity contribution in [3.05, 3.63) is 70.4 Å². The van der Waals surface area contributed by atoms with Gasteiger partial charge in [-0.25, -0.2) is 9.97 Å². The Balaban J connectivity index is 1.52. The van der Waals surface area contributed by atoms with Crippen molar-refractivity contribution >= 4 is 34.2 Å². The first kappa shape index (κ1) is 23.8. The van der Waals surface area contributed by atoms with Gasteiger partial charge in [-0.1, -0.05) is 45.0 Å². The number of ketones is 1. The standard InChI is InChI=1S/C27H30N4O2S/c1-16-8-6-7-9-18(16)10-11-21(32)23-13-12-22(34-23)20-15-29-25-24(31-20)19(14-28-25)26(33)30-17(2)27(3,4)5/h6-9,12-15,17H,10-11H2,1-5H3,(H,28,29)(H,30,33)/t17-/m0/s1. The van der Waals surface area contributed by atoms with Crippen molar-refractivity contribution in [2.24, 2.45) is 5.41 Å². The highest BCUT2D eigenvalue weighted by Gasteiger charge is 2.24. The molecule has 0 bridgehead atoms. The summed E-state index contributed by atoms with van der Waals surface area (Å²) in [5.74, 6) is -0.0650. The van der Waals surface area contributed by atoms with Gasteiger partial charge in [-0.05, 0) is 48.9 Å². The van der Waals surface area contributed by atoms with Gasteiger partial charge in [0.05, 0.1) is 27.2 Å². The lowest BCUT2D eigenvalue weighted by Crippen LogP contribution is -2.41. The number of Topliss-reactive ketones (excluding diaryl/α,β-unsaturated/α-hetero) is 1. The molecule has 0 aliphatic rings. The molecule has 6 nitrogen and oxygen atoms in total. The van der Waals surface area contributed by atoms with Crippen LogP contribution in [0.2, 0.25) is 0 Å². The van der Waals surface area contributed by atoms with E-state index in [9.17, 15) is 9.59 Å². The van der Waals surface area contributed by atoms with E-state index in [4.69, 9.17) is 4.98 Å². The normalized spacial score (nSPS) is 12.6. The zero-order valence-electron chi connectivity index (χ0n) is 20.2. The molecule has 1 amide bonds. The molecule has 4 aromatic rings. The van der Waals surface area contributed by atoms with Crippen LogP contribution in [0, 0.1) is 12.3 Å². The molecule has 2 N–H and O–H groups in total. The number of nitrogens with one attached hydrogen (secondary N) is 2. The number of thiophene rings is 1. The molecular formula is C27H30N4O2S. The topological polar surface area (TPSA) is 87.7 Å². The minimum Gasteiger partial charge on any atom is -0.349 e. The predicted octanol–water partition coefficient (Wildman–Crippen LogP) is 5.97. The molecule has 0 radical (unpaired) electrons. The fraction of sp³-hybridized carbons (Fsp3) is 0.333. The Hall–Kier alpha value is -3.32. The summed E-state index contributed by atoms with van der Waals surface area (Å²) in [5, 5.41) is 3.06. The molecule has 176 valence electrons. The molecule has 0 aliphatic heterocycles. The van der Waals surface area contributed by atoms with Crippen LogP contribution < -0.4 is 5.32 Å². The van der Waals surface area contributed by atoms with Crippen molar-refractivity contribution in [1.29, 1.82) is 0 Å². The fourth-order valence-electron chi connectivity index (χ4n) is 3.56. The number of amides is 1. The van der Waals surface area contributed by atoms with Gasteiger partial charge in [-0.3, -0.25) is 9.59 Å². The van der Waals surface area contributed by atoms with Gasteiger partial charge >= 0.3 is 0 Å². The van der Waals surface area contributed by atoms with Crippen LogP contribution in [0.4, 0.5) is 0 Å². The summed E-state index contributed by atoms with van der Waals surface area (Å²) in [7, 11) is 0. The second kappa shape index (κ2) is 9.50. The van der Waals surface area contributed by atoms with Gasteiger partial charge < -0.3 is 10.3 Å². The van der Waals surface area contributed by atoms with Gasteiger partial charge in [-0.15, -0.1) is 11.3 Å². The average Bonchev–Trinajstić information content (AvgIpc) is 3.45. The van der Waals surface area contributed by atoms with Crippen LogP contribution in [0.3, 0.4) is 0 Å². The Labute approximate surface area is 203 Å². The van der Waals surface area contributed by atoms with Gasteiger partial charge in [0, 0.05) is 18.7 Å². The Morgan fingerprint density at radius 1 is 1.15 bits per heavy atom. The number of H-pyrrole nitrogens is 1. The summed E-state index contributed by atoms with van der Waals surface area (Å²) in [6, 6.07) is 11.9. The predicted molar refractivity (Wildman–Crippen MR) is 137 cm³/mol. The van der Waals surface area contributed by atoms with E-state index in [2.05, 4.69) is 55.1 Å². The first-order chi connectivity index (χ1) is 16.1. The Morgan fingerprint density at radius 3 is 2.65 bits per heavy atom. The maximum absolute atomic E-state index is 12.9. The molecule has 7 heteroatoms. The van der Waals surface area contributed by atoms with Crippen molar-refractivity contribution in [2.75, 3.05) is 0 Å². The zero-order valence-corrected chi connectivity index (χ0v) is 21.0. The number of benzene rings is 1. The van der Waals surface area contributed by atoms with Crippen LogP contribution >= 0.6 is 11.3 Å². The van der Waals surface area contributed by atoms with Crippen LogP contribution in [-0.2, 0) is 6.42 Å². The summed E-state index contributed by atoms with van der Waals surface area (Å²) in [6.45, 7) is 10.3. The third kappa shape index (κ3) is 5.09. The lowest BCUT2D eigenvalue weighted by molar-refractivity contribution is 0.0911. The molecule has 3 aromatic heterocycles. The van der Waals surface area contributed by atoms with Crippen molar-refractivity contribution in [1.82, 2.24) is 20.3 Å².